The normalized spacial score (nSPS) is 13.2. The number of hydrogen-bond donors (Lipinski definition) is 0. The van der Waals surface area contributed by atoms with Crippen molar-refractivity contribution in [1.29, 1.82) is 0 Å². The zero-order chi connectivity index (χ0) is 12.9. The summed E-state index contributed by atoms with van der Waals surface area (Å²) in [7, 11) is 0. The van der Waals surface area contributed by atoms with E-state index < -0.39 is 11.6 Å². The summed E-state index contributed by atoms with van der Waals surface area (Å²) in [5, 5.41) is 0. The quantitative estimate of drug-likeness (QED) is 0.657. The van der Waals surface area contributed by atoms with Gasteiger partial charge in [0.05, 0.1) is 0 Å². The Kier molecular flexibility index (Phi) is 2.20. The Balaban J connectivity index is 2.40. The van der Waals surface area contributed by atoms with Crippen molar-refractivity contribution >= 4 is 11.6 Å². The monoisotopic (exact) mass is 236 g/mol. The van der Waals surface area contributed by atoms with Crippen molar-refractivity contribution in [1.82, 2.24) is 0 Å². The fraction of sp³-hybridized carbons (Fsp3) is 0.125. The van der Waals surface area contributed by atoms with E-state index in [0.717, 1.165) is 22.3 Å². The maximum Gasteiger partial charge on any atom is 0.234 e. The predicted molar refractivity (Wildman–Crippen MR) is 70.0 cm³/mol. The number of aryl methyl sites for hydroxylation is 2. The van der Waals surface area contributed by atoms with Gasteiger partial charge in [-0.15, -0.1) is 0 Å². The third kappa shape index (κ3) is 1.42. The van der Waals surface area contributed by atoms with Gasteiger partial charge < -0.3 is 0 Å². The molecule has 2 aromatic carbocycles. The average molecular weight is 236 g/mol. The van der Waals surface area contributed by atoms with Gasteiger partial charge in [0.15, 0.2) is 0 Å². The number of carbonyl (C=O) groups is 2. The fourth-order valence-corrected chi connectivity index (χ4v) is 2.40. The molecule has 88 valence electrons. The summed E-state index contributed by atoms with van der Waals surface area (Å²) < 4.78 is 0. The second kappa shape index (κ2) is 3.64. The number of fused-ring (bicyclic) bond motifs is 3. The minimum absolute atomic E-state index is 0.402. The Morgan fingerprint density at radius 2 is 1.00 bits per heavy atom. The van der Waals surface area contributed by atoms with Gasteiger partial charge in [0.25, 0.3) is 0 Å². The van der Waals surface area contributed by atoms with Crippen molar-refractivity contribution in [2.45, 2.75) is 13.8 Å². The van der Waals surface area contributed by atoms with E-state index in [1.54, 1.807) is 12.1 Å². The molecule has 0 heterocycles. The lowest BCUT2D eigenvalue weighted by atomic mass is 9.82. The standard InChI is InChI=1S/C16H12O2/c1-9-3-5-11-13(7-9)14-8-10(2)4-6-12(14)16(18)15(11)17/h3-8H,1-2H3. The molecule has 2 heteroatoms. The van der Waals surface area contributed by atoms with Crippen molar-refractivity contribution in [3.8, 4) is 11.1 Å². The van der Waals surface area contributed by atoms with Crippen LogP contribution in [-0.2, 0) is 0 Å². The van der Waals surface area contributed by atoms with Crippen LogP contribution in [0.25, 0.3) is 11.1 Å². The van der Waals surface area contributed by atoms with E-state index in [-0.39, 0.29) is 0 Å². The molecule has 0 radical (unpaired) electrons. The largest absolute Gasteiger partial charge is 0.285 e. The van der Waals surface area contributed by atoms with E-state index in [0.29, 0.717) is 11.1 Å². The third-order valence-corrected chi connectivity index (χ3v) is 3.34. The Bertz CT molecular complexity index is 635. The van der Waals surface area contributed by atoms with Gasteiger partial charge in [-0.25, -0.2) is 0 Å². The first-order valence-corrected chi connectivity index (χ1v) is 5.88. The third-order valence-electron chi connectivity index (χ3n) is 3.34. The number of hydrogen-bond acceptors (Lipinski definition) is 2. The molecular formula is C16H12O2. The number of rotatable bonds is 0. The molecule has 1 aliphatic rings. The molecule has 0 fully saturated rings. The number of Topliss-reactive ketones (excluding diaryl/α,β-unsaturated/α-hetero) is 2. The first kappa shape index (κ1) is 10.9. The maximum atomic E-state index is 12.0. The van der Waals surface area contributed by atoms with Crippen LogP contribution in [0.4, 0.5) is 0 Å². The lowest BCUT2D eigenvalue weighted by Gasteiger charge is -2.18. The summed E-state index contributed by atoms with van der Waals surface area (Å²) in [6, 6.07) is 11.2. The molecule has 0 saturated carbocycles. The number of ketones is 2. The summed E-state index contributed by atoms with van der Waals surface area (Å²) in [5.41, 5.74) is 4.95. The van der Waals surface area contributed by atoms with Gasteiger partial charge in [0.2, 0.25) is 11.6 Å². The SMILES string of the molecule is Cc1ccc2c(c1)-c1cc(C)ccc1C(=O)C2=O. The van der Waals surface area contributed by atoms with E-state index in [4.69, 9.17) is 0 Å². The van der Waals surface area contributed by atoms with Gasteiger partial charge in [-0.2, -0.15) is 0 Å². The van der Waals surface area contributed by atoms with Crippen LogP contribution >= 0.6 is 0 Å². The van der Waals surface area contributed by atoms with Gasteiger partial charge in [-0.1, -0.05) is 47.5 Å². The topological polar surface area (TPSA) is 34.1 Å². The smallest absolute Gasteiger partial charge is 0.234 e. The molecule has 18 heavy (non-hydrogen) atoms. The molecule has 0 aliphatic heterocycles. The van der Waals surface area contributed by atoms with Crippen LogP contribution in [0.5, 0.6) is 0 Å². The Morgan fingerprint density at radius 3 is 1.39 bits per heavy atom. The Hall–Kier alpha value is -2.22. The van der Waals surface area contributed by atoms with Crippen LogP contribution in [0, 0.1) is 13.8 Å². The van der Waals surface area contributed by atoms with Gasteiger partial charge in [0.1, 0.15) is 0 Å². The lowest BCUT2D eigenvalue weighted by molar-refractivity contribution is 0.0815. The second-order valence-electron chi connectivity index (χ2n) is 4.76. The highest BCUT2D eigenvalue weighted by atomic mass is 16.2. The average Bonchev–Trinajstić information content (AvgIpc) is 2.36. The molecule has 0 atom stereocenters. The summed E-state index contributed by atoms with van der Waals surface area (Å²) in [4.78, 5) is 24.1. The van der Waals surface area contributed by atoms with E-state index in [9.17, 15) is 9.59 Å². The molecule has 0 aromatic heterocycles. The number of carbonyl (C=O) groups excluding carboxylic acids is 2. The first-order chi connectivity index (χ1) is 8.58. The molecule has 0 spiro atoms. The highest BCUT2D eigenvalue weighted by Gasteiger charge is 2.29. The summed E-state index contributed by atoms with van der Waals surface area (Å²) in [6.45, 7) is 3.97. The van der Waals surface area contributed by atoms with Crippen LogP contribution in [0.1, 0.15) is 31.8 Å². The highest BCUT2D eigenvalue weighted by molar-refractivity contribution is 6.53. The van der Waals surface area contributed by atoms with Crippen molar-refractivity contribution in [3.63, 3.8) is 0 Å². The molecular weight excluding hydrogens is 224 g/mol. The van der Waals surface area contributed by atoms with Crippen LogP contribution in [-0.4, -0.2) is 11.6 Å². The van der Waals surface area contributed by atoms with E-state index in [2.05, 4.69) is 0 Å². The Labute approximate surface area is 105 Å². The zero-order valence-electron chi connectivity index (χ0n) is 10.3. The van der Waals surface area contributed by atoms with Crippen LogP contribution < -0.4 is 0 Å². The molecule has 0 amide bonds. The van der Waals surface area contributed by atoms with Crippen molar-refractivity contribution in [2.24, 2.45) is 0 Å². The molecule has 3 rings (SSSR count). The minimum atomic E-state index is -0.402. The minimum Gasteiger partial charge on any atom is -0.285 e. The van der Waals surface area contributed by atoms with Gasteiger partial charge in [0, 0.05) is 11.1 Å². The van der Waals surface area contributed by atoms with Gasteiger partial charge in [-0.05, 0) is 25.0 Å². The molecule has 0 N–H and O–H groups in total. The van der Waals surface area contributed by atoms with Gasteiger partial charge in [-0.3, -0.25) is 9.59 Å². The highest BCUT2D eigenvalue weighted by Crippen LogP contribution is 2.34. The second-order valence-corrected chi connectivity index (χ2v) is 4.76. The van der Waals surface area contributed by atoms with Crippen LogP contribution in [0.15, 0.2) is 36.4 Å². The molecule has 2 aromatic rings. The predicted octanol–water partition coefficient (Wildman–Crippen LogP) is 3.35. The molecule has 1 aliphatic carbocycles. The van der Waals surface area contributed by atoms with Crippen molar-refractivity contribution < 1.29 is 9.59 Å². The van der Waals surface area contributed by atoms with E-state index >= 15 is 0 Å². The summed E-state index contributed by atoms with van der Waals surface area (Å²) in [5.74, 6) is -0.803. The summed E-state index contributed by atoms with van der Waals surface area (Å²) in [6.07, 6.45) is 0. The van der Waals surface area contributed by atoms with Crippen molar-refractivity contribution in [2.75, 3.05) is 0 Å². The van der Waals surface area contributed by atoms with Crippen LogP contribution in [0.3, 0.4) is 0 Å². The fourth-order valence-electron chi connectivity index (χ4n) is 2.40. The molecule has 0 bridgehead atoms. The Morgan fingerprint density at radius 1 is 0.611 bits per heavy atom. The first-order valence-electron chi connectivity index (χ1n) is 5.88. The van der Waals surface area contributed by atoms with Gasteiger partial charge >= 0.3 is 0 Å². The van der Waals surface area contributed by atoms with Crippen LogP contribution in [0.2, 0.25) is 0 Å². The van der Waals surface area contributed by atoms with Crippen molar-refractivity contribution in [3.05, 3.63) is 58.7 Å². The molecule has 0 saturated heterocycles. The molecule has 2 nitrogen and oxygen atoms in total. The van der Waals surface area contributed by atoms with E-state index in [1.165, 1.54) is 0 Å². The number of benzene rings is 2. The maximum absolute atomic E-state index is 12.0. The molecule has 0 unspecified atom stereocenters. The summed E-state index contributed by atoms with van der Waals surface area (Å²) >= 11 is 0. The lowest BCUT2D eigenvalue weighted by Crippen LogP contribution is -2.21. The van der Waals surface area contributed by atoms with E-state index in [1.807, 2.05) is 38.1 Å². The zero-order valence-corrected chi connectivity index (χ0v) is 10.3.